The Labute approximate surface area is 127 Å². The van der Waals surface area contributed by atoms with Gasteiger partial charge in [0.2, 0.25) is 5.91 Å². The highest BCUT2D eigenvalue weighted by molar-refractivity contribution is 7.99. The summed E-state index contributed by atoms with van der Waals surface area (Å²) in [6, 6.07) is 0.443. The summed E-state index contributed by atoms with van der Waals surface area (Å²) < 4.78 is 0. The van der Waals surface area contributed by atoms with Crippen molar-refractivity contribution in [3.63, 3.8) is 0 Å². The van der Waals surface area contributed by atoms with E-state index in [1.54, 1.807) is 0 Å². The van der Waals surface area contributed by atoms with Crippen LogP contribution in [0.1, 0.15) is 45.4 Å². The van der Waals surface area contributed by atoms with Gasteiger partial charge in [0.15, 0.2) is 0 Å². The zero-order chi connectivity index (χ0) is 12.8. The molecule has 19 heavy (non-hydrogen) atoms. The van der Waals surface area contributed by atoms with Crippen molar-refractivity contribution >= 4 is 30.1 Å². The van der Waals surface area contributed by atoms with Crippen LogP contribution in [0.2, 0.25) is 0 Å². The number of amides is 1. The van der Waals surface area contributed by atoms with E-state index in [4.69, 9.17) is 0 Å². The average molecular weight is 307 g/mol. The van der Waals surface area contributed by atoms with Crippen LogP contribution in [0, 0.1) is 0 Å². The van der Waals surface area contributed by atoms with Gasteiger partial charge < -0.3 is 10.2 Å². The zero-order valence-electron chi connectivity index (χ0n) is 11.9. The Bertz CT molecular complexity index is 272. The minimum Gasteiger partial charge on any atom is -0.342 e. The molecule has 0 aromatic heterocycles. The molecule has 0 radical (unpaired) electrons. The molecule has 2 fully saturated rings. The van der Waals surface area contributed by atoms with Crippen molar-refractivity contribution in [1.29, 1.82) is 0 Å². The Hall–Kier alpha value is 0.0700. The summed E-state index contributed by atoms with van der Waals surface area (Å²) in [5, 5.41) is 4.09. The van der Waals surface area contributed by atoms with Gasteiger partial charge in [-0.3, -0.25) is 4.79 Å². The number of nitrogens with zero attached hydrogens (tertiary/aromatic N) is 1. The number of carbonyl (C=O) groups is 1. The summed E-state index contributed by atoms with van der Waals surface area (Å²) in [5.74, 6) is 1.54. The molecular formula is C14H27ClN2OS. The van der Waals surface area contributed by atoms with Gasteiger partial charge in [0, 0.05) is 30.8 Å². The Morgan fingerprint density at radius 2 is 2.16 bits per heavy atom. The third-order valence-electron chi connectivity index (χ3n) is 3.97. The molecule has 0 spiro atoms. The first kappa shape index (κ1) is 17.1. The monoisotopic (exact) mass is 306 g/mol. The summed E-state index contributed by atoms with van der Waals surface area (Å²) in [5.41, 5.74) is 0. The predicted molar refractivity (Wildman–Crippen MR) is 85.2 cm³/mol. The number of halogens is 1. The van der Waals surface area contributed by atoms with Crippen LogP contribution in [0.4, 0.5) is 0 Å². The second-order valence-corrected chi connectivity index (χ2v) is 6.99. The van der Waals surface area contributed by atoms with E-state index in [0.717, 1.165) is 25.4 Å². The van der Waals surface area contributed by atoms with Gasteiger partial charge in [-0.15, -0.1) is 12.4 Å². The summed E-state index contributed by atoms with van der Waals surface area (Å²) in [6.07, 6.45) is 6.86. The SMILES string of the molecule is CCSC1CCCCN(C(=O)CC2CCCN2)C1.Cl. The van der Waals surface area contributed by atoms with Gasteiger partial charge in [-0.05, 0) is 38.0 Å². The molecule has 2 aliphatic rings. The lowest BCUT2D eigenvalue weighted by Gasteiger charge is -2.25. The smallest absolute Gasteiger partial charge is 0.224 e. The van der Waals surface area contributed by atoms with E-state index in [0.29, 0.717) is 23.6 Å². The van der Waals surface area contributed by atoms with Crippen LogP contribution in [0.25, 0.3) is 0 Å². The van der Waals surface area contributed by atoms with Gasteiger partial charge in [-0.25, -0.2) is 0 Å². The predicted octanol–water partition coefficient (Wildman–Crippen LogP) is 2.68. The maximum absolute atomic E-state index is 12.3. The van der Waals surface area contributed by atoms with Gasteiger partial charge in [0.1, 0.15) is 0 Å². The second-order valence-electron chi connectivity index (χ2n) is 5.41. The first-order chi connectivity index (χ1) is 8.79. The molecule has 0 aromatic carbocycles. The van der Waals surface area contributed by atoms with Gasteiger partial charge in [0.25, 0.3) is 0 Å². The quantitative estimate of drug-likeness (QED) is 0.867. The molecule has 0 bridgehead atoms. The molecule has 0 saturated carbocycles. The number of thioether (sulfide) groups is 1. The summed E-state index contributed by atoms with van der Waals surface area (Å²) in [7, 11) is 0. The zero-order valence-corrected chi connectivity index (χ0v) is 13.5. The number of rotatable bonds is 4. The lowest BCUT2D eigenvalue weighted by atomic mass is 10.1. The van der Waals surface area contributed by atoms with Gasteiger partial charge in [-0.2, -0.15) is 11.8 Å². The molecule has 2 heterocycles. The lowest BCUT2D eigenvalue weighted by molar-refractivity contribution is -0.131. The maximum atomic E-state index is 12.3. The van der Waals surface area contributed by atoms with Crippen LogP contribution in [-0.4, -0.2) is 47.5 Å². The van der Waals surface area contributed by atoms with Crippen LogP contribution in [0.5, 0.6) is 0 Å². The molecule has 0 aliphatic carbocycles. The molecule has 5 heteroatoms. The maximum Gasteiger partial charge on any atom is 0.224 e. The standard InChI is InChI=1S/C14H26N2OS.ClH/c1-2-18-13-7-3-4-9-16(11-13)14(17)10-12-6-5-8-15-12;/h12-13,15H,2-11H2,1H3;1H. The summed E-state index contributed by atoms with van der Waals surface area (Å²) in [6.45, 7) is 5.26. The van der Waals surface area contributed by atoms with Crippen molar-refractivity contribution in [1.82, 2.24) is 10.2 Å². The second kappa shape index (κ2) is 9.09. The summed E-state index contributed by atoms with van der Waals surface area (Å²) >= 11 is 2.02. The van der Waals surface area contributed by atoms with Gasteiger partial charge in [0.05, 0.1) is 0 Å². The minimum absolute atomic E-state index is 0. The number of likely N-dealkylation sites (tertiary alicyclic amines) is 1. The molecule has 2 atom stereocenters. The molecule has 1 N–H and O–H groups in total. The van der Waals surface area contributed by atoms with Crippen molar-refractivity contribution in [2.45, 2.75) is 56.7 Å². The topological polar surface area (TPSA) is 32.3 Å². The van der Waals surface area contributed by atoms with Crippen LogP contribution in [0.15, 0.2) is 0 Å². The van der Waals surface area contributed by atoms with E-state index in [1.807, 2.05) is 11.8 Å². The highest BCUT2D eigenvalue weighted by atomic mass is 35.5. The van der Waals surface area contributed by atoms with E-state index in [1.165, 1.54) is 32.1 Å². The molecule has 1 amide bonds. The van der Waals surface area contributed by atoms with Crippen LogP contribution < -0.4 is 5.32 Å². The van der Waals surface area contributed by atoms with E-state index in [2.05, 4.69) is 17.1 Å². The number of hydrogen-bond acceptors (Lipinski definition) is 3. The Morgan fingerprint density at radius 1 is 1.32 bits per heavy atom. The van der Waals surface area contributed by atoms with E-state index < -0.39 is 0 Å². The number of nitrogens with one attached hydrogen (secondary N) is 1. The largest absolute Gasteiger partial charge is 0.342 e. The van der Waals surface area contributed by atoms with Crippen LogP contribution >= 0.6 is 24.2 Å². The highest BCUT2D eigenvalue weighted by Gasteiger charge is 2.25. The molecule has 0 aromatic rings. The van der Waals surface area contributed by atoms with Gasteiger partial charge in [-0.1, -0.05) is 13.3 Å². The molecule has 2 unspecified atom stereocenters. The molecule has 2 aliphatic heterocycles. The van der Waals surface area contributed by atoms with Crippen molar-refractivity contribution in [2.24, 2.45) is 0 Å². The number of hydrogen-bond donors (Lipinski definition) is 1. The van der Waals surface area contributed by atoms with Crippen LogP contribution in [-0.2, 0) is 4.79 Å². The van der Waals surface area contributed by atoms with Crippen LogP contribution in [0.3, 0.4) is 0 Å². The highest BCUT2D eigenvalue weighted by Crippen LogP contribution is 2.23. The molecular weight excluding hydrogens is 280 g/mol. The lowest BCUT2D eigenvalue weighted by Crippen LogP contribution is -2.39. The molecule has 2 saturated heterocycles. The third kappa shape index (κ3) is 5.52. The first-order valence-corrected chi connectivity index (χ1v) is 8.47. The molecule has 2 rings (SSSR count). The number of carbonyl (C=O) groups excluding carboxylic acids is 1. The Balaban J connectivity index is 0.00000180. The fourth-order valence-corrected chi connectivity index (χ4v) is 4.06. The normalized spacial score (nSPS) is 27.7. The fraction of sp³-hybridized carbons (Fsp3) is 0.929. The van der Waals surface area contributed by atoms with Crippen molar-refractivity contribution < 1.29 is 4.79 Å². The average Bonchev–Trinajstić information content (AvgIpc) is 2.74. The Morgan fingerprint density at radius 3 is 2.84 bits per heavy atom. The third-order valence-corrected chi connectivity index (χ3v) is 5.16. The minimum atomic E-state index is 0. The van der Waals surface area contributed by atoms with Gasteiger partial charge >= 0.3 is 0 Å². The fourth-order valence-electron chi connectivity index (χ4n) is 2.97. The van der Waals surface area contributed by atoms with E-state index >= 15 is 0 Å². The van der Waals surface area contributed by atoms with Crippen molar-refractivity contribution in [3.05, 3.63) is 0 Å². The van der Waals surface area contributed by atoms with Crippen molar-refractivity contribution in [2.75, 3.05) is 25.4 Å². The molecule has 3 nitrogen and oxygen atoms in total. The Kier molecular flexibility index (Phi) is 8.19. The van der Waals surface area contributed by atoms with E-state index in [-0.39, 0.29) is 12.4 Å². The van der Waals surface area contributed by atoms with Crippen molar-refractivity contribution in [3.8, 4) is 0 Å². The summed E-state index contributed by atoms with van der Waals surface area (Å²) in [4.78, 5) is 14.5. The first-order valence-electron chi connectivity index (χ1n) is 7.42. The molecule has 112 valence electrons. The van der Waals surface area contributed by atoms with E-state index in [9.17, 15) is 4.79 Å².